The highest BCUT2D eigenvalue weighted by Gasteiger charge is 2.05. The van der Waals surface area contributed by atoms with Gasteiger partial charge in [0.05, 0.1) is 11.1 Å². The van der Waals surface area contributed by atoms with E-state index in [1.165, 1.54) is 12.8 Å². The van der Waals surface area contributed by atoms with E-state index in [-0.39, 0.29) is 0 Å². The van der Waals surface area contributed by atoms with Crippen molar-refractivity contribution in [2.45, 2.75) is 26.7 Å². The third kappa shape index (κ3) is 3.97. The molecule has 0 saturated heterocycles. The van der Waals surface area contributed by atoms with Gasteiger partial charge in [0.15, 0.2) is 0 Å². The quantitative estimate of drug-likeness (QED) is 0.736. The minimum Gasteiger partial charge on any atom is -0.492 e. The first-order chi connectivity index (χ1) is 7.67. The average Bonchev–Trinajstić information content (AvgIpc) is 2.27. The van der Waals surface area contributed by atoms with E-state index in [2.05, 4.69) is 29.8 Å². The highest BCUT2D eigenvalue weighted by atomic mass is 79.9. The summed E-state index contributed by atoms with van der Waals surface area (Å²) < 4.78 is 6.52. The van der Waals surface area contributed by atoms with Gasteiger partial charge in [-0.25, -0.2) is 0 Å². The van der Waals surface area contributed by atoms with Crippen LogP contribution in [0.3, 0.4) is 0 Å². The highest BCUT2D eigenvalue weighted by molar-refractivity contribution is 9.10. The number of aldehydes is 1. The summed E-state index contributed by atoms with van der Waals surface area (Å²) in [5, 5.41) is 0. The van der Waals surface area contributed by atoms with Crippen LogP contribution in [0.1, 0.15) is 37.0 Å². The second-order valence-corrected chi connectivity index (χ2v) is 4.87. The van der Waals surface area contributed by atoms with Crippen LogP contribution in [0.4, 0.5) is 0 Å². The Morgan fingerprint density at radius 1 is 1.50 bits per heavy atom. The molecule has 0 amide bonds. The van der Waals surface area contributed by atoms with E-state index >= 15 is 0 Å². The summed E-state index contributed by atoms with van der Waals surface area (Å²) in [4.78, 5) is 10.6. The molecule has 1 unspecified atom stereocenters. The normalized spacial score (nSPS) is 12.2. The Hall–Kier alpha value is -0.830. The largest absolute Gasteiger partial charge is 0.492 e. The molecule has 0 aliphatic heterocycles. The van der Waals surface area contributed by atoms with Gasteiger partial charge in [0.25, 0.3) is 0 Å². The number of rotatable bonds is 6. The molecule has 0 aliphatic carbocycles. The molecular weight excluding hydrogens is 268 g/mol. The van der Waals surface area contributed by atoms with Crippen molar-refractivity contribution in [3.05, 3.63) is 28.2 Å². The Balaban J connectivity index is 2.57. The number of carbonyl (C=O) groups excluding carboxylic acids is 1. The molecule has 16 heavy (non-hydrogen) atoms. The van der Waals surface area contributed by atoms with E-state index in [1.54, 1.807) is 12.1 Å². The SMILES string of the molecule is CCCC(C)COc1ccc(C=O)cc1Br. The molecule has 2 nitrogen and oxygen atoms in total. The summed E-state index contributed by atoms with van der Waals surface area (Å²) in [6.07, 6.45) is 3.17. The molecule has 0 heterocycles. The van der Waals surface area contributed by atoms with E-state index in [4.69, 9.17) is 4.74 Å². The van der Waals surface area contributed by atoms with Crippen molar-refractivity contribution in [3.63, 3.8) is 0 Å². The van der Waals surface area contributed by atoms with Crippen LogP contribution < -0.4 is 4.74 Å². The molecule has 0 spiro atoms. The summed E-state index contributed by atoms with van der Waals surface area (Å²) in [7, 11) is 0. The topological polar surface area (TPSA) is 26.3 Å². The zero-order valence-corrected chi connectivity index (χ0v) is 11.3. The second kappa shape index (κ2) is 6.69. The van der Waals surface area contributed by atoms with Gasteiger partial charge in [-0.2, -0.15) is 0 Å². The minimum absolute atomic E-state index is 0.558. The van der Waals surface area contributed by atoms with Crippen LogP contribution in [-0.4, -0.2) is 12.9 Å². The fraction of sp³-hybridized carbons (Fsp3) is 0.462. The van der Waals surface area contributed by atoms with Crippen molar-refractivity contribution < 1.29 is 9.53 Å². The molecule has 0 N–H and O–H groups in total. The van der Waals surface area contributed by atoms with Crippen LogP contribution in [0.5, 0.6) is 5.75 Å². The monoisotopic (exact) mass is 284 g/mol. The molecule has 88 valence electrons. The lowest BCUT2D eigenvalue weighted by molar-refractivity contribution is 0.112. The Morgan fingerprint density at radius 2 is 2.25 bits per heavy atom. The van der Waals surface area contributed by atoms with Crippen LogP contribution >= 0.6 is 15.9 Å². The van der Waals surface area contributed by atoms with Gasteiger partial charge in [0, 0.05) is 5.56 Å². The Kier molecular flexibility index (Phi) is 5.53. The molecule has 1 rings (SSSR count). The molecule has 0 saturated carbocycles. The summed E-state index contributed by atoms with van der Waals surface area (Å²) in [5.41, 5.74) is 0.654. The maximum atomic E-state index is 10.6. The minimum atomic E-state index is 0.558. The fourth-order valence-electron chi connectivity index (χ4n) is 1.52. The lowest BCUT2D eigenvalue weighted by Gasteiger charge is -2.13. The molecule has 0 radical (unpaired) electrons. The molecule has 0 aliphatic rings. The third-order valence-electron chi connectivity index (χ3n) is 2.40. The molecule has 1 aromatic rings. The maximum absolute atomic E-state index is 10.6. The predicted molar refractivity (Wildman–Crippen MR) is 69.1 cm³/mol. The number of carbonyl (C=O) groups is 1. The van der Waals surface area contributed by atoms with Gasteiger partial charge in [-0.05, 0) is 46.5 Å². The molecule has 0 fully saturated rings. The van der Waals surface area contributed by atoms with Crippen molar-refractivity contribution in [2.24, 2.45) is 5.92 Å². The van der Waals surface area contributed by atoms with E-state index in [1.807, 2.05) is 6.07 Å². The average molecular weight is 285 g/mol. The van der Waals surface area contributed by atoms with E-state index < -0.39 is 0 Å². The van der Waals surface area contributed by atoms with Gasteiger partial charge >= 0.3 is 0 Å². The van der Waals surface area contributed by atoms with Crippen molar-refractivity contribution >= 4 is 22.2 Å². The van der Waals surface area contributed by atoms with Crippen LogP contribution in [-0.2, 0) is 0 Å². The Labute approximate surface area is 105 Å². The van der Waals surface area contributed by atoms with E-state index in [0.29, 0.717) is 18.1 Å². The van der Waals surface area contributed by atoms with Gasteiger partial charge in [-0.15, -0.1) is 0 Å². The smallest absolute Gasteiger partial charge is 0.150 e. The first kappa shape index (κ1) is 13.2. The number of hydrogen-bond acceptors (Lipinski definition) is 2. The molecule has 3 heteroatoms. The first-order valence-electron chi connectivity index (χ1n) is 5.55. The molecule has 1 aromatic carbocycles. The van der Waals surface area contributed by atoms with Gasteiger partial charge < -0.3 is 4.74 Å². The zero-order valence-electron chi connectivity index (χ0n) is 9.70. The van der Waals surface area contributed by atoms with Crippen molar-refractivity contribution in [3.8, 4) is 5.75 Å². The number of ether oxygens (including phenoxy) is 1. The van der Waals surface area contributed by atoms with Crippen molar-refractivity contribution in [2.75, 3.05) is 6.61 Å². The van der Waals surface area contributed by atoms with Gasteiger partial charge in [-0.1, -0.05) is 20.3 Å². The summed E-state index contributed by atoms with van der Waals surface area (Å²) >= 11 is 3.39. The number of halogens is 1. The maximum Gasteiger partial charge on any atom is 0.150 e. The van der Waals surface area contributed by atoms with Crippen molar-refractivity contribution in [1.29, 1.82) is 0 Å². The highest BCUT2D eigenvalue weighted by Crippen LogP contribution is 2.26. The number of hydrogen-bond donors (Lipinski definition) is 0. The molecular formula is C13H17BrO2. The lowest BCUT2D eigenvalue weighted by Crippen LogP contribution is -2.08. The van der Waals surface area contributed by atoms with Crippen molar-refractivity contribution in [1.82, 2.24) is 0 Å². The standard InChI is InChI=1S/C13H17BrO2/c1-3-4-10(2)9-16-13-6-5-11(8-15)7-12(13)14/h5-8,10H,3-4,9H2,1-2H3. The summed E-state index contributed by atoms with van der Waals surface area (Å²) in [5.74, 6) is 1.36. The molecule has 1 atom stereocenters. The van der Waals surface area contributed by atoms with Crippen LogP contribution in [0.25, 0.3) is 0 Å². The Morgan fingerprint density at radius 3 is 2.81 bits per heavy atom. The molecule has 0 bridgehead atoms. The van der Waals surface area contributed by atoms with Crippen LogP contribution in [0, 0.1) is 5.92 Å². The van der Waals surface area contributed by atoms with Crippen LogP contribution in [0.15, 0.2) is 22.7 Å². The Bertz CT molecular complexity index is 350. The fourth-order valence-corrected chi connectivity index (χ4v) is 2.03. The van der Waals surface area contributed by atoms with Crippen LogP contribution in [0.2, 0.25) is 0 Å². The summed E-state index contributed by atoms with van der Waals surface area (Å²) in [6, 6.07) is 5.36. The second-order valence-electron chi connectivity index (χ2n) is 4.01. The van der Waals surface area contributed by atoms with Gasteiger partial charge in [0.1, 0.15) is 12.0 Å². The zero-order chi connectivity index (χ0) is 12.0. The lowest BCUT2D eigenvalue weighted by atomic mass is 10.1. The molecule has 0 aromatic heterocycles. The van der Waals surface area contributed by atoms with Gasteiger partial charge in [-0.3, -0.25) is 4.79 Å². The third-order valence-corrected chi connectivity index (χ3v) is 3.02. The van der Waals surface area contributed by atoms with E-state index in [0.717, 1.165) is 16.5 Å². The van der Waals surface area contributed by atoms with E-state index in [9.17, 15) is 4.79 Å². The predicted octanol–water partition coefficient (Wildman–Crippen LogP) is 4.08. The first-order valence-corrected chi connectivity index (χ1v) is 6.34. The van der Waals surface area contributed by atoms with Gasteiger partial charge in [0.2, 0.25) is 0 Å². The summed E-state index contributed by atoms with van der Waals surface area (Å²) in [6.45, 7) is 5.06. The number of benzene rings is 1.